The van der Waals surface area contributed by atoms with E-state index >= 15 is 0 Å². The van der Waals surface area contributed by atoms with E-state index in [0.717, 1.165) is 25.7 Å². The molecule has 1 heterocycles. The zero-order valence-electron chi connectivity index (χ0n) is 13.6. The molecule has 2 fully saturated rings. The van der Waals surface area contributed by atoms with Gasteiger partial charge in [-0.3, -0.25) is 4.79 Å². The molecule has 1 saturated carbocycles. The molecule has 3 rings (SSSR count). The molecule has 1 atom stereocenters. The Bertz CT molecular complexity index is 568. The maximum Gasteiger partial charge on any atom is 0.251 e. The molecule has 0 radical (unpaired) electrons. The quantitative estimate of drug-likeness (QED) is 0.900. The summed E-state index contributed by atoms with van der Waals surface area (Å²) in [7, 11) is 3.11. The third kappa shape index (κ3) is 3.43. The van der Waals surface area contributed by atoms with Crippen LogP contribution in [0.25, 0.3) is 0 Å². The molecule has 1 saturated heterocycles. The summed E-state index contributed by atoms with van der Waals surface area (Å²) in [5.74, 6) is 0.575. The van der Waals surface area contributed by atoms with Gasteiger partial charge in [0.25, 0.3) is 5.91 Å². The van der Waals surface area contributed by atoms with Gasteiger partial charge in [-0.05, 0) is 31.0 Å². The predicted molar refractivity (Wildman–Crippen MR) is 83.9 cm³/mol. The Balaban J connectivity index is 1.55. The first-order valence-electron chi connectivity index (χ1n) is 7.98. The molecule has 1 spiro atoms. The Hall–Kier alpha value is -1.79. The summed E-state index contributed by atoms with van der Waals surface area (Å²) in [6.07, 6.45) is 4.10. The van der Waals surface area contributed by atoms with Crippen molar-refractivity contribution in [1.29, 1.82) is 0 Å². The number of hydrogen-bond donors (Lipinski definition) is 1. The molecule has 23 heavy (non-hydrogen) atoms. The lowest BCUT2D eigenvalue weighted by atomic mass is 10.2. The Morgan fingerprint density at radius 1 is 1.26 bits per heavy atom. The number of amides is 1. The standard InChI is InChI=1S/C17H23NO5/c1-20-14-6-5-12(9-15(14)21-2)16(19)18-10-13-11-22-17(23-13)7-3-4-8-17/h5-6,9,13H,3-4,7-8,10-11H2,1-2H3,(H,18,19)/t13-/m1/s1. The average molecular weight is 321 g/mol. The molecule has 0 unspecified atom stereocenters. The number of methoxy groups -OCH3 is 2. The van der Waals surface area contributed by atoms with E-state index in [1.165, 1.54) is 0 Å². The molecule has 1 aromatic rings. The number of carbonyl (C=O) groups is 1. The summed E-state index contributed by atoms with van der Waals surface area (Å²) >= 11 is 0. The lowest BCUT2D eigenvalue weighted by molar-refractivity contribution is -0.161. The number of ether oxygens (including phenoxy) is 4. The fraction of sp³-hybridized carbons (Fsp3) is 0.588. The molecule has 1 aliphatic carbocycles. The van der Waals surface area contributed by atoms with Gasteiger partial charge in [-0.1, -0.05) is 0 Å². The number of carbonyl (C=O) groups excluding carboxylic acids is 1. The largest absolute Gasteiger partial charge is 0.493 e. The predicted octanol–water partition coefficient (Wildman–Crippen LogP) is 2.12. The molecule has 6 nitrogen and oxygen atoms in total. The second-order valence-corrected chi connectivity index (χ2v) is 5.95. The lowest BCUT2D eigenvalue weighted by Gasteiger charge is -2.22. The zero-order chi connectivity index (χ0) is 16.3. The summed E-state index contributed by atoms with van der Waals surface area (Å²) in [6, 6.07) is 5.09. The maximum atomic E-state index is 12.3. The first kappa shape index (κ1) is 16.1. The van der Waals surface area contributed by atoms with Gasteiger partial charge in [-0.25, -0.2) is 0 Å². The Kier molecular flexibility index (Phi) is 4.73. The number of hydrogen-bond acceptors (Lipinski definition) is 5. The van der Waals surface area contributed by atoms with Crippen LogP contribution in [0.4, 0.5) is 0 Å². The monoisotopic (exact) mass is 321 g/mol. The van der Waals surface area contributed by atoms with Gasteiger partial charge in [0.2, 0.25) is 0 Å². The van der Waals surface area contributed by atoms with Crippen LogP contribution >= 0.6 is 0 Å². The van der Waals surface area contributed by atoms with Crippen LogP contribution in [0, 0.1) is 0 Å². The first-order chi connectivity index (χ1) is 11.2. The van der Waals surface area contributed by atoms with Gasteiger partial charge in [-0.2, -0.15) is 0 Å². The highest BCUT2D eigenvalue weighted by Gasteiger charge is 2.43. The van der Waals surface area contributed by atoms with E-state index in [9.17, 15) is 4.79 Å². The lowest BCUT2D eigenvalue weighted by Crippen LogP contribution is -2.35. The van der Waals surface area contributed by atoms with Crippen LogP contribution in [0.15, 0.2) is 18.2 Å². The molecule has 2 aliphatic rings. The maximum absolute atomic E-state index is 12.3. The summed E-state index contributed by atoms with van der Waals surface area (Å²) in [5.41, 5.74) is 0.525. The molecular formula is C17H23NO5. The SMILES string of the molecule is COc1ccc(C(=O)NC[C@@H]2COC3(CCCC3)O2)cc1OC. The Morgan fingerprint density at radius 2 is 2.00 bits per heavy atom. The van der Waals surface area contributed by atoms with Crippen LogP contribution in [-0.2, 0) is 9.47 Å². The van der Waals surface area contributed by atoms with Gasteiger partial charge < -0.3 is 24.3 Å². The third-order valence-electron chi connectivity index (χ3n) is 4.42. The van der Waals surface area contributed by atoms with Gasteiger partial charge in [0.1, 0.15) is 6.10 Å². The molecule has 1 aromatic carbocycles. The molecule has 0 bridgehead atoms. The highest BCUT2D eigenvalue weighted by atomic mass is 16.7. The van der Waals surface area contributed by atoms with Gasteiger partial charge in [0.15, 0.2) is 17.3 Å². The number of benzene rings is 1. The molecule has 0 aromatic heterocycles. The summed E-state index contributed by atoms with van der Waals surface area (Å²) in [4.78, 5) is 12.3. The van der Waals surface area contributed by atoms with Crippen LogP contribution in [0.1, 0.15) is 36.0 Å². The van der Waals surface area contributed by atoms with E-state index in [1.54, 1.807) is 32.4 Å². The van der Waals surface area contributed by atoms with Crippen LogP contribution in [0.3, 0.4) is 0 Å². The van der Waals surface area contributed by atoms with Crippen LogP contribution in [0.2, 0.25) is 0 Å². The minimum atomic E-state index is -0.390. The molecular weight excluding hydrogens is 298 g/mol. The zero-order valence-corrected chi connectivity index (χ0v) is 13.6. The molecule has 1 amide bonds. The van der Waals surface area contributed by atoms with Crippen molar-refractivity contribution in [3.05, 3.63) is 23.8 Å². The van der Waals surface area contributed by atoms with Crippen molar-refractivity contribution in [2.24, 2.45) is 0 Å². The van der Waals surface area contributed by atoms with E-state index in [1.807, 2.05) is 0 Å². The normalized spacial score (nSPS) is 22.3. The van der Waals surface area contributed by atoms with Crippen LogP contribution in [-0.4, -0.2) is 45.2 Å². The average Bonchev–Trinajstić information content (AvgIpc) is 3.22. The van der Waals surface area contributed by atoms with Crippen LogP contribution in [0.5, 0.6) is 11.5 Å². The molecule has 1 N–H and O–H groups in total. The minimum absolute atomic E-state index is 0.0859. The Morgan fingerprint density at radius 3 is 2.70 bits per heavy atom. The highest BCUT2D eigenvalue weighted by Crippen LogP contribution is 2.39. The fourth-order valence-corrected chi connectivity index (χ4v) is 3.18. The van der Waals surface area contributed by atoms with Crippen molar-refractivity contribution in [2.75, 3.05) is 27.4 Å². The van der Waals surface area contributed by atoms with Crippen molar-refractivity contribution in [1.82, 2.24) is 5.32 Å². The van der Waals surface area contributed by atoms with Crippen molar-refractivity contribution in [3.63, 3.8) is 0 Å². The van der Waals surface area contributed by atoms with Crippen LogP contribution < -0.4 is 14.8 Å². The molecule has 126 valence electrons. The van der Waals surface area contributed by atoms with Gasteiger partial charge in [0.05, 0.1) is 20.8 Å². The smallest absolute Gasteiger partial charge is 0.251 e. The van der Waals surface area contributed by atoms with E-state index in [4.69, 9.17) is 18.9 Å². The van der Waals surface area contributed by atoms with E-state index < -0.39 is 5.79 Å². The van der Waals surface area contributed by atoms with Gasteiger partial charge in [0, 0.05) is 24.9 Å². The number of nitrogens with one attached hydrogen (secondary N) is 1. The second kappa shape index (κ2) is 6.76. The van der Waals surface area contributed by atoms with Gasteiger partial charge in [-0.15, -0.1) is 0 Å². The van der Waals surface area contributed by atoms with Crippen molar-refractivity contribution < 1.29 is 23.7 Å². The highest BCUT2D eigenvalue weighted by molar-refractivity contribution is 5.94. The van der Waals surface area contributed by atoms with E-state index in [0.29, 0.717) is 30.2 Å². The number of rotatable bonds is 5. The van der Waals surface area contributed by atoms with Crippen molar-refractivity contribution >= 4 is 5.91 Å². The van der Waals surface area contributed by atoms with E-state index in [-0.39, 0.29) is 12.0 Å². The topological polar surface area (TPSA) is 66.0 Å². The first-order valence-corrected chi connectivity index (χ1v) is 7.98. The fourth-order valence-electron chi connectivity index (χ4n) is 3.18. The summed E-state index contributed by atoms with van der Waals surface area (Å²) < 4.78 is 22.2. The van der Waals surface area contributed by atoms with Crippen molar-refractivity contribution in [2.45, 2.75) is 37.6 Å². The summed E-state index contributed by atoms with van der Waals surface area (Å²) in [5, 5.41) is 2.90. The Labute approximate surface area is 136 Å². The molecule has 6 heteroatoms. The third-order valence-corrected chi connectivity index (χ3v) is 4.42. The molecule has 1 aliphatic heterocycles. The summed E-state index contributed by atoms with van der Waals surface area (Å²) in [6.45, 7) is 0.973. The van der Waals surface area contributed by atoms with Gasteiger partial charge >= 0.3 is 0 Å². The van der Waals surface area contributed by atoms with E-state index in [2.05, 4.69) is 5.32 Å². The minimum Gasteiger partial charge on any atom is -0.493 e. The van der Waals surface area contributed by atoms with Crippen molar-refractivity contribution in [3.8, 4) is 11.5 Å². The second-order valence-electron chi connectivity index (χ2n) is 5.95.